The lowest BCUT2D eigenvalue weighted by Gasteiger charge is -2.07. The van der Waals surface area contributed by atoms with E-state index >= 15 is 0 Å². The molecule has 0 unspecified atom stereocenters. The molecule has 0 atom stereocenters. The summed E-state index contributed by atoms with van der Waals surface area (Å²) >= 11 is 35.1. The monoisotopic (exact) mass is 472 g/mol. The molecule has 0 bridgehead atoms. The van der Waals surface area contributed by atoms with Crippen molar-refractivity contribution in [3.8, 4) is 11.5 Å². The van der Waals surface area contributed by atoms with Gasteiger partial charge >= 0.3 is 11.9 Å². The van der Waals surface area contributed by atoms with Gasteiger partial charge in [0.15, 0.2) is 11.5 Å². The van der Waals surface area contributed by atoms with Crippen LogP contribution in [0, 0.1) is 0 Å². The van der Waals surface area contributed by atoms with Crippen LogP contribution in [0.5, 0.6) is 11.5 Å². The second-order valence-corrected chi connectivity index (χ2v) is 7.07. The van der Waals surface area contributed by atoms with Gasteiger partial charge < -0.3 is 9.47 Å². The van der Waals surface area contributed by atoms with Crippen LogP contribution in [0.25, 0.3) is 0 Å². The molecule has 0 fully saturated rings. The largest absolute Gasteiger partial charge is 0.420 e. The minimum absolute atomic E-state index is 0.0338. The molecule has 0 saturated heterocycles. The average molecular weight is 475 g/mol. The molecule has 0 aliphatic carbocycles. The lowest BCUT2D eigenvalue weighted by molar-refractivity contribution is -0.131. The van der Waals surface area contributed by atoms with Crippen molar-refractivity contribution >= 4 is 81.5 Å². The summed E-state index contributed by atoms with van der Waals surface area (Å²) in [5.74, 6) is -2.02. The van der Waals surface area contributed by atoms with Crippen molar-refractivity contribution in [3.63, 3.8) is 0 Å². The van der Waals surface area contributed by atoms with E-state index in [2.05, 4.69) is 0 Å². The Balaban J connectivity index is 2.06. The third-order valence-electron chi connectivity index (χ3n) is 2.69. The Morgan fingerprint density at radius 3 is 1.15 bits per heavy atom. The Labute approximate surface area is 178 Å². The van der Waals surface area contributed by atoms with E-state index in [1.807, 2.05) is 0 Å². The molecule has 0 heterocycles. The molecular weight excluding hydrogens is 469 g/mol. The minimum Gasteiger partial charge on any atom is -0.420 e. The molecule has 0 N–H and O–H groups in total. The lowest BCUT2D eigenvalue weighted by Crippen LogP contribution is -2.09. The standard InChI is InChI=1S/C16H6Cl6O4/c17-7-3-9(19)15(10(20)4-7)25-13(23)1-2-14(24)26-16-11(21)5-8(18)6-12(16)22/h1-6H/b2-1-. The fourth-order valence-electron chi connectivity index (χ4n) is 1.66. The Morgan fingerprint density at radius 1 is 0.615 bits per heavy atom. The van der Waals surface area contributed by atoms with Crippen molar-refractivity contribution < 1.29 is 19.1 Å². The summed E-state index contributed by atoms with van der Waals surface area (Å²) in [4.78, 5) is 23.6. The van der Waals surface area contributed by atoms with Crippen LogP contribution in [0.3, 0.4) is 0 Å². The highest BCUT2D eigenvalue weighted by Gasteiger charge is 2.14. The zero-order chi connectivity index (χ0) is 19.4. The van der Waals surface area contributed by atoms with Crippen molar-refractivity contribution in [2.75, 3.05) is 0 Å². The Bertz CT molecular complexity index is 790. The molecule has 10 heteroatoms. The number of rotatable bonds is 4. The molecule has 26 heavy (non-hydrogen) atoms. The summed E-state index contributed by atoms with van der Waals surface area (Å²) in [7, 11) is 0. The molecule has 2 aromatic carbocycles. The topological polar surface area (TPSA) is 52.6 Å². The van der Waals surface area contributed by atoms with Crippen LogP contribution in [0.2, 0.25) is 30.1 Å². The molecule has 0 saturated carbocycles. The summed E-state index contributed by atoms with van der Waals surface area (Å²) in [6, 6.07) is 5.39. The first-order valence-corrected chi connectivity index (χ1v) is 8.85. The highest BCUT2D eigenvalue weighted by atomic mass is 35.5. The normalized spacial score (nSPS) is 10.8. The first-order chi connectivity index (χ1) is 12.2. The third-order valence-corrected chi connectivity index (χ3v) is 4.25. The van der Waals surface area contributed by atoms with Crippen LogP contribution in [-0.4, -0.2) is 11.9 Å². The van der Waals surface area contributed by atoms with Crippen LogP contribution in [-0.2, 0) is 9.59 Å². The number of ether oxygens (including phenoxy) is 2. The van der Waals surface area contributed by atoms with Crippen molar-refractivity contribution in [1.82, 2.24) is 0 Å². The minimum atomic E-state index is -0.915. The van der Waals surface area contributed by atoms with E-state index in [9.17, 15) is 9.59 Å². The first kappa shape index (κ1) is 21.2. The van der Waals surface area contributed by atoms with Gasteiger partial charge in [-0.1, -0.05) is 69.6 Å². The molecule has 0 spiro atoms. The fourth-order valence-corrected chi connectivity index (χ4v) is 3.45. The van der Waals surface area contributed by atoms with E-state index in [0.717, 1.165) is 12.2 Å². The van der Waals surface area contributed by atoms with E-state index in [4.69, 9.17) is 79.1 Å². The van der Waals surface area contributed by atoms with Gasteiger partial charge in [-0.25, -0.2) is 9.59 Å². The molecule has 0 radical (unpaired) electrons. The maximum atomic E-state index is 11.8. The quantitative estimate of drug-likeness (QED) is 0.282. The maximum absolute atomic E-state index is 11.8. The summed E-state index contributed by atoms with van der Waals surface area (Å²) in [6.07, 6.45) is 1.64. The van der Waals surface area contributed by atoms with Gasteiger partial charge in [0.05, 0.1) is 20.1 Å². The Kier molecular flexibility index (Phi) is 7.47. The predicted octanol–water partition coefficient (Wildman–Crippen LogP) is 6.67. The van der Waals surface area contributed by atoms with Gasteiger partial charge in [-0.3, -0.25) is 0 Å². The molecule has 0 aromatic heterocycles. The number of benzene rings is 2. The molecule has 2 rings (SSSR count). The molecule has 0 aliphatic heterocycles. The van der Waals surface area contributed by atoms with E-state index in [1.54, 1.807) is 0 Å². The van der Waals surface area contributed by atoms with Crippen LogP contribution in [0.4, 0.5) is 0 Å². The SMILES string of the molecule is O=C(/C=C\C(=O)Oc1c(Cl)cc(Cl)cc1Cl)Oc1c(Cl)cc(Cl)cc1Cl. The second-order valence-electron chi connectivity index (χ2n) is 4.57. The van der Waals surface area contributed by atoms with Gasteiger partial charge in [0.2, 0.25) is 0 Å². The van der Waals surface area contributed by atoms with E-state index in [-0.39, 0.29) is 41.6 Å². The van der Waals surface area contributed by atoms with Crippen LogP contribution in [0.1, 0.15) is 0 Å². The smallest absolute Gasteiger partial charge is 0.336 e. The van der Waals surface area contributed by atoms with Gasteiger partial charge in [-0.15, -0.1) is 0 Å². The van der Waals surface area contributed by atoms with Gasteiger partial charge in [-0.05, 0) is 24.3 Å². The van der Waals surface area contributed by atoms with E-state index in [1.165, 1.54) is 24.3 Å². The van der Waals surface area contributed by atoms with Gasteiger partial charge in [-0.2, -0.15) is 0 Å². The number of hydrogen-bond donors (Lipinski definition) is 0. The third kappa shape index (κ3) is 5.68. The van der Waals surface area contributed by atoms with Crippen molar-refractivity contribution in [1.29, 1.82) is 0 Å². The predicted molar refractivity (Wildman–Crippen MR) is 103 cm³/mol. The van der Waals surface area contributed by atoms with Crippen LogP contribution < -0.4 is 9.47 Å². The molecular formula is C16H6Cl6O4. The van der Waals surface area contributed by atoms with Crippen molar-refractivity contribution in [3.05, 3.63) is 66.6 Å². The number of hydrogen-bond acceptors (Lipinski definition) is 4. The fraction of sp³-hybridized carbons (Fsp3) is 0. The lowest BCUT2D eigenvalue weighted by atomic mass is 10.3. The van der Waals surface area contributed by atoms with Crippen molar-refractivity contribution in [2.45, 2.75) is 0 Å². The summed E-state index contributed by atoms with van der Waals surface area (Å²) in [5, 5.41) is 0.683. The number of carbonyl (C=O) groups is 2. The highest BCUT2D eigenvalue weighted by Crippen LogP contribution is 2.37. The Morgan fingerprint density at radius 2 is 0.885 bits per heavy atom. The molecule has 0 aliphatic rings. The molecule has 2 aromatic rings. The highest BCUT2D eigenvalue weighted by molar-refractivity contribution is 6.41. The zero-order valence-electron chi connectivity index (χ0n) is 12.4. The Hall–Kier alpha value is -1.14. The average Bonchev–Trinajstić information content (AvgIpc) is 2.52. The van der Waals surface area contributed by atoms with Crippen LogP contribution >= 0.6 is 69.6 Å². The molecule has 4 nitrogen and oxygen atoms in total. The summed E-state index contributed by atoms with van der Waals surface area (Å²) in [5.41, 5.74) is 0. The number of halogens is 6. The molecule has 0 amide bonds. The number of esters is 2. The van der Waals surface area contributed by atoms with E-state index in [0.29, 0.717) is 0 Å². The second kappa shape index (κ2) is 9.18. The van der Waals surface area contributed by atoms with Crippen molar-refractivity contribution in [2.24, 2.45) is 0 Å². The first-order valence-electron chi connectivity index (χ1n) is 6.58. The summed E-state index contributed by atoms with van der Waals surface area (Å²) in [6.45, 7) is 0. The summed E-state index contributed by atoms with van der Waals surface area (Å²) < 4.78 is 9.94. The van der Waals surface area contributed by atoms with Gasteiger partial charge in [0, 0.05) is 22.2 Å². The number of carbonyl (C=O) groups excluding carboxylic acids is 2. The zero-order valence-corrected chi connectivity index (χ0v) is 16.9. The molecule has 136 valence electrons. The van der Waals surface area contributed by atoms with Gasteiger partial charge in [0.25, 0.3) is 0 Å². The van der Waals surface area contributed by atoms with Crippen LogP contribution in [0.15, 0.2) is 36.4 Å². The van der Waals surface area contributed by atoms with E-state index < -0.39 is 11.9 Å². The maximum Gasteiger partial charge on any atom is 0.336 e. The van der Waals surface area contributed by atoms with Gasteiger partial charge in [0.1, 0.15) is 0 Å².